The average molecular weight is 333 g/mol. The Labute approximate surface area is 136 Å². The van der Waals surface area contributed by atoms with Gasteiger partial charge in [0.1, 0.15) is 0 Å². The third-order valence-electron chi connectivity index (χ3n) is 3.50. The predicted molar refractivity (Wildman–Crippen MR) is 81.3 cm³/mol. The molecule has 126 valence electrons. The molecule has 0 aromatic heterocycles. The third-order valence-corrected chi connectivity index (χ3v) is 3.50. The highest BCUT2D eigenvalue weighted by molar-refractivity contribution is 6.16. The maximum Gasteiger partial charge on any atom is 0.333 e. The van der Waals surface area contributed by atoms with Crippen molar-refractivity contribution in [1.82, 2.24) is 10.4 Å². The Morgan fingerprint density at radius 1 is 1.29 bits per heavy atom. The van der Waals surface area contributed by atoms with Gasteiger partial charge in [0.05, 0.1) is 18.1 Å². The summed E-state index contributed by atoms with van der Waals surface area (Å²) < 4.78 is 0. The molecular formula is C14H15N5O5. The second-order valence-corrected chi connectivity index (χ2v) is 5.09. The van der Waals surface area contributed by atoms with E-state index in [0.29, 0.717) is 16.6 Å². The molecule has 0 bridgehead atoms. The van der Waals surface area contributed by atoms with Crippen molar-refractivity contribution in [1.29, 1.82) is 0 Å². The summed E-state index contributed by atoms with van der Waals surface area (Å²) in [5.74, 6) is -1.62. The molecule has 0 fully saturated rings. The van der Waals surface area contributed by atoms with Crippen molar-refractivity contribution in [3.05, 3.63) is 29.8 Å². The molecule has 2 aliphatic rings. The van der Waals surface area contributed by atoms with Gasteiger partial charge in [-0.25, -0.2) is 4.79 Å². The first kappa shape index (κ1) is 15.9. The van der Waals surface area contributed by atoms with Crippen molar-refractivity contribution in [2.75, 3.05) is 5.06 Å². The minimum absolute atomic E-state index is 0.0904. The summed E-state index contributed by atoms with van der Waals surface area (Å²) in [6.07, 6.45) is 3.02. The van der Waals surface area contributed by atoms with Crippen LogP contribution in [-0.4, -0.2) is 45.0 Å². The fourth-order valence-electron chi connectivity index (χ4n) is 2.44. The molecule has 0 spiro atoms. The first-order valence-electron chi connectivity index (χ1n) is 7.23. The van der Waals surface area contributed by atoms with E-state index >= 15 is 0 Å². The minimum atomic E-state index is -2.41. The van der Waals surface area contributed by atoms with Gasteiger partial charge in [0.2, 0.25) is 0 Å². The number of benzene rings is 1. The van der Waals surface area contributed by atoms with Crippen molar-refractivity contribution in [2.24, 2.45) is 10.2 Å². The van der Waals surface area contributed by atoms with Crippen LogP contribution in [0.5, 0.6) is 0 Å². The fourth-order valence-corrected chi connectivity index (χ4v) is 2.44. The van der Waals surface area contributed by atoms with Crippen LogP contribution in [0.1, 0.15) is 25.3 Å². The van der Waals surface area contributed by atoms with Gasteiger partial charge < -0.3 is 9.94 Å². The van der Waals surface area contributed by atoms with Gasteiger partial charge in [0, 0.05) is 12.0 Å². The number of hydroxylamine groups is 1. The lowest BCUT2D eigenvalue weighted by atomic mass is 10.1. The van der Waals surface area contributed by atoms with Gasteiger partial charge in [-0.15, -0.1) is 15.3 Å². The average Bonchev–Trinajstić information content (AvgIpc) is 2.79. The number of rotatable bonds is 4. The van der Waals surface area contributed by atoms with Crippen LogP contribution >= 0.6 is 0 Å². The molecule has 0 radical (unpaired) electrons. The Kier molecular flexibility index (Phi) is 3.91. The van der Waals surface area contributed by atoms with Gasteiger partial charge in [-0.2, -0.15) is 5.10 Å². The van der Waals surface area contributed by atoms with Gasteiger partial charge in [0.15, 0.2) is 0 Å². The summed E-state index contributed by atoms with van der Waals surface area (Å²) in [5, 5.41) is 29.6. The highest BCUT2D eigenvalue weighted by Gasteiger charge is 2.58. The maximum atomic E-state index is 12.8. The lowest BCUT2D eigenvalue weighted by Gasteiger charge is -2.35. The number of carbonyl (C=O) groups excluding carboxylic acids is 2. The standard InChI is InChI=1S/C14H15N5O5/c1-2-5-12(20)24-17-11-7-4-3-6-10(11)14(22,13(17)21)18-15-8-9-16-19(18)23/h3-4,6-9,22-23H,2,5H2,1H3. The molecular weight excluding hydrogens is 318 g/mol. The van der Waals surface area contributed by atoms with E-state index in [2.05, 4.69) is 10.2 Å². The third kappa shape index (κ3) is 2.28. The van der Waals surface area contributed by atoms with E-state index in [4.69, 9.17) is 4.84 Å². The molecule has 10 nitrogen and oxygen atoms in total. The van der Waals surface area contributed by atoms with Gasteiger partial charge in [0.25, 0.3) is 5.72 Å². The van der Waals surface area contributed by atoms with Crippen LogP contribution in [0.15, 0.2) is 34.5 Å². The molecule has 2 heterocycles. The number of carbonyl (C=O) groups is 2. The Morgan fingerprint density at radius 2 is 2.00 bits per heavy atom. The second kappa shape index (κ2) is 5.91. The summed E-state index contributed by atoms with van der Waals surface area (Å²) in [4.78, 5) is 29.6. The zero-order valence-electron chi connectivity index (χ0n) is 12.7. The zero-order valence-corrected chi connectivity index (χ0v) is 12.7. The van der Waals surface area contributed by atoms with E-state index in [1.165, 1.54) is 24.6 Å². The lowest BCUT2D eigenvalue weighted by Crippen LogP contribution is -2.56. The SMILES string of the molecule is CCCC(=O)ON1C(=O)C(O)(N2N=CC=NN2O)c2ccccc21. The summed E-state index contributed by atoms with van der Waals surface area (Å²) in [7, 11) is 0. The Balaban J connectivity index is 2.03. The number of hydrazone groups is 2. The number of fused-ring (bicyclic) bond motifs is 1. The number of hydrogen-bond donors (Lipinski definition) is 2. The molecule has 2 N–H and O–H groups in total. The second-order valence-electron chi connectivity index (χ2n) is 5.09. The van der Waals surface area contributed by atoms with E-state index in [-0.39, 0.29) is 23.0 Å². The number of aliphatic hydroxyl groups is 1. The number of nitrogens with zero attached hydrogens (tertiary/aromatic N) is 5. The van der Waals surface area contributed by atoms with Crippen molar-refractivity contribution in [3.63, 3.8) is 0 Å². The number of hydrazine groups is 1. The van der Waals surface area contributed by atoms with Crippen LogP contribution in [-0.2, 0) is 20.2 Å². The molecule has 0 aliphatic carbocycles. The van der Waals surface area contributed by atoms with Crippen LogP contribution < -0.4 is 5.06 Å². The quantitative estimate of drug-likeness (QED) is 0.815. The van der Waals surface area contributed by atoms with Crippen LogP contribution in [0.3, 0.4) is 0 Å². The van der Waals surface area contributed by atoms with Gasteiger partial charge in [-0.05, 0) is 12.5 Å². The predicted octanol–water partition coefficient (Wildman–Crippen LogP) is 0.330. The summed E-state index contributed by atoms with van der Waals surface area (Å²) in [6.45, 7) is 1.79. The smallest absolute Gasteiger partial charge is 0.333 e. The number of amides is 1. The van der Waals surface area contributed by atoms with Gasteiger partial charge in [-0.3, -0.25) is 10.0 Å². The molecule has 3 rings (SSSR count). The van der Waals surface area contributed by atoms with E-state index in [1.54, 1.807) is 19.1 Å². The minimum Gasteiger partial charge on any atom is -0.357 e. The molecule has 1 aromatic rings. The van der Waals surface area contributed by atoms with Crippen molar-refractivity contribution >= 4 is 30.0 Å². The first-order valence-corrected chi connectivity index (χ1v) is 7.23. The van der Waals surface area contributed by atoms with Gasteiger partial charge >= 0.3 is 11.9 Å². The van der Waals surface area contributed by atoms with Crippen LogP contribution in [0, 0.1) is 0 Å². The van der Waals surface area contributed by atoms with Gasteiger partial charge in [-0.1, -0.05) is 30.4 Å². The molecule has 1 amide bonds. The zero-order chi connectivity index (χ0) is 17.3. The summed E-state index contributed by atoms with van der Waals surface area (Å²) >= 11 is 0. The van der Waals surface area contributed by atoms with Crippen molar-refractivity contribution in [2.45, 2.75) is 25.5 Å². The van der Waals surface area contributed by atoms with E-state index in [1.807, 2.05) is 0 Å². The molecule has 0 saturated carbocycles. The normalized spacial score (nSPS) is 22.1. The number of para-hydroxylation sites is 1. The molecule has 0 saturated heterocycles. The molecule has 2 aliphatic heterocycles. The molecule has 10 heteroatoms. The number of anilines is 1. The van der Waals surface area contributed by atoms with Crippen molar-refractivity contribution in [3.8, 4) is 0 Å². The Morgan fingerprint density at radius 3 is 2.71 bits per heavy atom. The highest BCUT2D eigenvalue weighted by atomic mass is 16.7. The van der Waals surface area contributed by atoms with Crippen molar-refractivity contribution < 1.29 is 24.7 Å². The van der Waals surface area contributed by atoms with E-state index in [9.17, 15) is 19.9 Å². The van der Waals surface area contributed by atoms with E-state index < -0.39 is 17.6 Å². The Bertz CT molecular complexity index is 736. The van der Waals surface area contributed by atoms with Crippen LogP contribution in [0.25, 0.3) is 0 Å². The topological polar surface area (TPSA) is 118 Å². The molecule has 24 heavy (non-hydrogen) atoms. The monoisotopic (exact) mass is 333 g/mol. The Hall–Kier alpha value is -2.98. The molecule has 1 unspecified atom stereocenters. The number of hydrogen-bond acceptors (Lipinski definition) is 9. The van der Waals surface area contributed by atoms with Crippen LogP contribution in [0.2, 0.25) is 0 Å². The maximum absolute atomic E-state index is 12.8. The summed E-state index contributed by atoms with van der Waals surface area (Å²) in [5.41, 5.74) is -2.15. The molecule has 1 atom stereocenters. The largest absolute Gasteiger partial charge is 0.357 e. The lowest BCUT2D eigenvalue weighted by molar-refractivity contribution is -0.323. The first-order chi connectivity index (χ1) is 11.5. The highest BCUT2D eigenvalue weighted by Crippen LogP contribution is 2.43. The van der Waals surface area contributed by atoms with Crippen LogP contribution in [0.4, 0.5) is 5.69 Å². The van der Waals surface area contributed by atoms with E-state index in [0.717, 1.165) is 0 Å². The summed E-state index contributed by atoms with van der Waals surface area (Å²) in [6, 6.07) is 6.17. The fraction of sp³-hybridized carbons (Fsp3) is 0.286. The molecule has 1 aromatic carbocycles.